The van der Waals surface area contributed by atoms with Gasteiger partial charge in [0.15, 0.2) is 0 Å². The van der Waals surface area contributed by atoms with Crippen LogP contribution in [0.2, 0.25) is 0 Å². The molecule has 3 fully saturated rings. The fourth-order valence-corrected chi connectivity index (χ4v) is 3.59. The number of carbonyl (C=O) groups is 1. The maximum atomic E-state index is 11.4. The topological polar surface area (TPSA) is 17.1 Å². The van der Waals surface area contributed by atoms with Crippen LogP contribution in [0.25, 0.3) is 0 Å². The predicted octanol–water partition coefficient (Wildman–Crippen LogP) is 1.48. The molecule has 10 heavy (non-hydrogen) atoms. The molecule has 5 unspecified atom stereocenters. The number of ketones is 1. The molecule has 1 heteroatoms. The summed E-state index contributed by atoms with van der Waals surface area (Å²) in [5.41, 5.74) is 0. The lowest BCUT2D eigenvalue weighted by atomic mass is 9.63. The third kappa shape index (κ3) is 0.340. The average molecular weight is 136 g/mol. The summed E-state index contributed by atoms with van der Waals surface area (Å²) in [6.07, 6.45) is 2.48. The van der Waals surface area contributed by atoms with Gasteiger partial charge in [-0.1, -0.05) is 6.92 Å². The summed E-state index contributed by atoms with van der Waals surface area (Å²) in [6.45, 7) is 2.27. The van der Waals surface area contributed by atoms with Crippen molar-refractivity contribution in [1.82, 2.24) is 0 Å². The first-order valence-electron chi connectivity index (χ1n) is 4.33. The number of fused-ring (bicyclic) bond motifs is 1. The van der Waals surface area contributed by atoms with Gasteiger partial charge in [0.05, 0.1) is 0 Å². The molecule has 0 aliphatic heterocycles. The monoisotopic (exact) mass is 136 g/mol. The Morgan fingerprint density at radius 3 is 2.30 bits per heavy atom. The van der Waals surface area contributed by atoms with Crippen LogP contribution in [0.3, 0.4) is 0 Å². The Hall–Kier alpha value is -0.330. The van der Waals surface area contributed by atoms with Gasteiger partial charge in [-0.15, -0.1) is 0 Å². The van der Waals surface area contributed by atoms with Gasteiger partial charge in [-0.2, -0.15) is 0 Å². The van der Waals surface area contributed by atoms with Crippen LogP contribution in [-0.2, 0) is 4.79 Å². The van der Waals surface area contributed by atoms with Crippen LogP contribution in [0, 0.1) is 29.6 Å². The Morgan fingerprint density at radius 2 is 2.00 bits per heavy atom. The van der Waals surface area contributed by atoms with E-state index in [1.165, 1.54) is 12.8 Å². The van der Waals surface area contributed by atoms with Crippen molar-refractivity contribution >= 4 is 5.78 Å². The zero-order chi connectivity index (χ0) is 6.88. The van der Waals surface area contributed by atoms with Crippen LogP contribution < -0.4 is 0 Å². The Bertz CT molecular complexity index is 209. The number of Topliss-reactive ketones (excluding diaryl/α,β-unsaturated/α-hetero) is 1. The summed E-state index contributed by atoms with van der Waals surface area (Å²) < 4.78 is 0. The zero-order valence-corrected chi connectivity index (χ0v) is 6.21. The van der Waals surface area contributed by atoms with Gasteiger partial charge in [-0.25, -0.2) is 0 Å². The van der Waals surface area contributed by atoms with Crippen LogP contribution in [0.4, 0.5) is 0 Å². The first-order chi connectivity index (χ1) is 4.79. The Labute approximate surface area is 60.8 Å². The highest BCUT2D eigenvalue weighted by molar-refractivity contribution is 5.89. The van der Waals surface area contributed by atoms with Gasteiger partial charge < -0.3 is 0 Å². The van der Waals surface area contributed by atoms with Gasteiger partial charge in [-0.05, 0) is 30.6 Å². The van der Waals surface area contributed by atoms with E-state index in [0.29, 0.717) is 17.6 Å². The fourth-order valence-electron chi connectivity index (χ4n) is 3.59. The maximum absolute atomic E-state index is 11.4. The van der Waals surface area contributed by atoms with Crippen molar-refractivity contribution < 1.29 is 4.79 Å². The lowest BCUT2D eigenvalue weighted by Crippen LogP contribution is -2.40. The molecule has 0 radical (unpaired) electrons. The third-order valence-electron chi connectivity index (χ3n) is 4.10. The van der Waals surface area contributed by atoms with Crippen molar-refractivity contribution in [3.05, 3.63) is 0 Å². The quantitative estimate of drug-likeness (QED) is 0.493. The van der Waals surface area contributed by atoms with Gasteiger partial charge in [0.1, 0.15) is 5.78 Å². The van der Waals surface area contributed by atoms with Crippen LogP contribution in [-0.4, -0.2) is 5.78 Å². The standard InChI is InChI=1S/C9H12O/c1-4-6-2-5-3-7(8(4)5)9(6)10/h4-8H,2-3H2,1H3. The Kier molecular flexibility index (Phi) is 0.704. The molecule has 54 valence electrons. The van der Waals surface area contributed by atoms with Crippen molar-refractivity contribution in [3.8, 4) is 0 Å². The summed E-state index contributed by atoms with van der Waals surface area (Å²) in [5.74, 6) is 4.17. The second-order valence-corrected chi connectivity index (χ2v) is 4.28. The molecule has 0 heterocycles. The van der Waals surface area contributed by atoms with Crippen molar-refractivity contribution in [2.75, 3.05) is 0 Å². The second-order valence-electron chi connectivity index (χ2n) is 4.28. The number of hydrogen-bond acceptors (Lipinski definition) is 1. The molecule has 0 saturated heterocycles. The smallest absolute Gasteiger partial charge is 0.139 e. The first kappa shape index (κ1) is 5.34. The highest BCUT2D eigenvalue weighted by Crippen LogP contribution is 2.64. The van der Waals surface area contributed by atoms with E-state index in [-0.39, 0.29) is 0 Å². The molecule has 5 atom stereocenters. The molecule has 3 saturated carbocycles. The minimum atomic E-state index is 0.494. The molecule has 0 spiro atoms. The SMILES string of the molecule is CC1C2CC3CC(C2=O)C31. The summed E-state index contributed by atoms with van der Waals surface area (Å²) in [5, 5.41) is 0. The van der Waals surface area contributed by atoms with Crippen molar-refractivity contribution in [2.45, 2.75) is 19.8 Å². The van der Waals surface area contributed by atoms with Crippen LogP contribution in [0.5, 0.6) is 0 Å². The van der Waals surface area contributed by atoms with Crippen molar-refractivity contribution in [3.63, 3.8) is 0 Å². The normalized spacial score (nSPS) is 62.9. The minimum absolute atomic E-state index is 0.494. The fraction of sp³-hybridized carbons (Fsp3) is 0.889. The molecule has 0 amide bonds. The maximum Gasteiger partial charge on any atom is 0.139 e. The molecule has 1 nitrogen and oxygen atoms in total. The largest absolute Gasteiger partial charge is 0.299 e. The minimum Gasteiger partial charge on any atom is -0.299 e. The Morgan fingerprint density at radius 1 is 1.30 bits per heavy atom. The zero-order valence-electron chi connectivity index (χ0n) is 6.21. The van der Waals surface area contributed by atoms with Gasteiger partial charge in [0.25, 0.3) is 0 Å². The molecule has 0 N–H and O–H groups in total. The van der Waals surface area contributed by atoms with Crippen molar-refractivity contribution in [1.29, 1.82) is 0 Å². The van der Waals surface area contributed by atoms with E-state index in [1.54, 1.807) is 0 Å². The van der Waals surface area contributed by atoms with E-state index in [9.17, 15) is 4.79 Å². The summed E-state index contributed by atoms with van der Waals surface area (Å²) in [4.78, 5) is 11.4. The van der Waals surface area contributed by atoms with E-state index in [1.807, 2.05) is 0 Å². The molecule has 3 aliphatic carbocycles. The second kappa shape index (κ2) is 1.32. The van der Waals surface area contributed by atoms with E-state index < -0.39 is 0 Å². The molecule has 2 bridgehead atoms. The van der Waals surface area contributed by atoms with Crippen LogP contribution in [0.1, 0.15) is 19.8 Å². The number of carbonyl (C=O) groups excluding carboxylic acids is 1. The summed E-state index contributed by atoms with van der Waals surface area (Å²) in [6, 6.07) is 0. The predicted molar refractivity (Wildman–Crippen MR) is 37.4 cm³/mol. The van der Waals surface area contributed by atoms with Crippen LogP contribution in [0.15, 0.2) is 0 Å². The third-order valence-corrected chi connectivity index (χ3v) is 4.10. The summed E-state index contributed by atoms with van der Waals surface area (Å²) in [7, 11) is 0. The van der Waals surface area contributed by atoms with E-state index in [2.05, 4.69) is 6.92 Å². The first-order valence-corrected chi connectivity index (χ1v) is 4.33. The van der Waals surface area contributed by atoms with E-state index >= 15 is 0 Å². The summed E-state index contributed by atoms with van der Waals surface area (Å²) >= 11 is 0. The van der Waals surface area contributed by atoms with Gasteiger partial charge in [0, 0.05) is 11.8 Å². The Balaban J connectivity index is 2.08. The van der Waals surface area contributed by atoms with Gasteiger partial charge >= 0.3 is 0 Å². The average Bonchev–Trinajstić information content (AvgIpc) is 2.14. The van der Waals surface area contributed by atoms with Gasteiger partial charge in [-0.3, -0.25) is 4.79 Å². The van der Waals surface area contributed by atoms with Crippen molar-refractivity contribution in [2.24, 2.45) is 29.6 Å². The van der Waals surface area contributed by atoms with Gasteiger partial charge in [0.2, 0.25) is 0 Å². The van der Waals surface area contributed by atoms with Crippen LogP contribution >= 0.6 is 0 Å². The molecule has 0 aromatic rings. The van der Waals surface area contributed by atoms with E-state index in [4.69, 9.17) is 0 Å². The molecule has 3 aliphatic rings. The molecule has 0 aromatic heterocycles. The molecule has 0 aromatic carbocycles. The number of rotatable bonds is 0. The highest BCUT2D eigenvalue weighted by Gasteiger charge is 2.63. The lowest BCUT2D eigenvalue weighted by Gasteiger charge is -2.40. The van der Waals surface area contributed by atoms with E-state index in [0.717, 1.165) is 17.8 Å². The molecular formula is C9H12O. The number of hydrogen-bond donors (Lipinski definition) is 0. The molecular weight excluding hydrogens is 124 g/mol. The lowest BCUT2D eigenvalue weighted by molar-refractivity contribution is -0.132. The molecule has 3 rings (SSSR count). The highest BCUT2D eigenvalue weighted by atomic mass is 16.1.